The van der Waals surface area contributed by atoms with E-state index in [-0.39, 0.29) is 16.9 Å². The van der Waals surface area contributed by atoms with Gasteiger partial charge in [-0.3, -0.25) is 9.69 Å². The number of rotatable bonds is 6. The van der Waals surface area contributed by atoms with Crippen molar-refractivity contribution in [2.24, 2.45) is 11.8 Å². The SMILES string of the molecule is Cc1ccc2nc(N(CC3CCCO3)C(=O)c3ccc(S(=O)(=O)N4CC(C)CC(C)C4)cc3)sc2c1. The van der Waals surface area contributed by atoms with Crippen LogP contribution in [-0.4, -0.2) is 56.0 Å². The largest absolute Gasteiger partial charge is 0.376 e. The summed E-state index contributed by atoms with van der Waals surface area (Å²) in [5.74, 6) is 0.451. The molecule has 3 unspecified atom stereocenters. The van der Waals surface area contributed by atoms with Gasteiger partial charge in [-0.2, -0.15) is 4.31 Å². The topological polar surface area (TPSA) is 79.8 Å². The first-order chi connectivity index (χ1) is 17.2. The Kier molecular flexibility index (Phi) is 7.18. The molecule has 0 radical (unpaired) electrons. The van der Waals surface area contributed by atoms with Gasteiger partial charge in [0.25, 0.3) is 5.91 Å². The predicted molar refractivity (Wildman–Crippen MR) is 143 cm³/mol. The maximum Gasteiger partial charge on any atom is 0.260 e. The van der Waals surface area contributed by atoms with E-state index in [1.165, 1.54) is 11.3 Å². The van der Waals surface area contributed by atoms with E-state index in [1.807, 2.05) is 19.1 Å². The van der Waals surface area contributed by atoms with Crippen LogP contribution < -0.4 is 4.90 Å². The number of aryl methyl sites for hydroxylation is 1. The Hall–Kier alpha value is -2.33. The van der Waals surface area contributed by atoms with E-state index in [1.54, 1.807) is 33.5 Å². The quantitative estimate of drug-likeness (QED) is 0.446. The lowest BCUT2D eigenvalue weighted by Crippen LogP contribution is -2.42. The fraction of sp³-hybridized carbons (Fsp3) is 0.481. The number of fused-ring (bicyclic) bond motifs is 1. The Morgan fingerprint density at radius 2 is 1.86 bits per heavy atom. The minimum atomic E-state index is -3.60. The number of amides is 1. The second-order valence-electron chi connectivity index (χ2n) is 10.3. The van der Waals surface area contributed by atoms with Gasteiger partial charge >= 0.3 is 0 Å². The molecule has 2 aromatic carbocycles. The molecule has 0 spiro atoms. The summed E-state index contributed by atoms with van der Waals surface area (Å²) in [6, 6.07) is 12.4. The highest BCUT2D eigenvalue weighted by atomic mass is 32.2. The van der Waals surface area contributed by atoms with Gasteiger partial charge < -0.3 is 4.74 Å². The van der Waals surface area contributed by atoms with Crippen LogP contribution >= 0.6 is 11.3 Å². The van der Waals surface area contributed by atoms with Crippen LogP contribution in [0.2, 0.25) is 0 Å². The summed E-state index contributed by atoms with van der Waals surface area (Å²) in [6.07, 6.45) is 2.88. The summed E-state index contributed by atoms with van der Waals surface area (Å²) in [4.78, 5) is 20.4. The Morgan fingerprint density at radius 3 is 2.53 bits per heavy atom. The zero-order valence-corrected chi connectivity index (χ0v) is 22.6. The molecule has 0 N–H and O–H groups in total. The van der Waals surface area contributed by atoms with Crippen LogP contribution in [0.3, 0.4) is 0 Å². The van der Waals surface area contributed by atoms with Crippen molar-refractivity contribution in [3.8, 4) is 0 Å². The van der Waals surface area contributed by atoms with Crippen LogP contribution in [0.4, 0.5) is 5.13 Å². The highest BCUT2D eigenvalue weighted by molar-refractivity contribution is 7.89. The average molecular weight is 528 g/mol. The predicted octanol–water partition coefficient (Wildman–Crippen LogP) is 5.10. The molecule has 3 atom stereocenters. The van der Waals surface area contributed by atoms with Crippen molar-refractivity contribution >= 4 is 42.6 Å². The highest BCUT2D eigenvalue weighted by Gasteiger charge is 2.32. The van der Waals surface area contributed by atoms with E-state index in [9.17, 15) is 13.2 Å². The molecule has 2 fully saturated rings. The molecule has 1 amide bonds. The first-order valence-corrected chi connectivity index (χ1v) is 14.9. The monoisotopic (exact) mass is 527 g/mol. The number of carbonyl (C=O) groups excluding carboxylic acids is 1. The van der Waals surface area contributed by atoms with E-state index < -0.39 is 10.0 Å². The summed E-state index contributed by atoms with van der Waals surface area (Å²) >= 11 is 1.49. The zero-order valence-electron chi connectivity index (χ0n) is 21.0. The van der Waals surface area contributed by atoms with Crippen molar-refractivity contribution in [1.82, 2.24) is 9.29 Å². The van der Waals surface area contributed by atoms with Crippen molar-refractivity contribution in [3.05, 3.63) is 53.6 Å². The number of anilines is 1. The van der Waals surface area contributed by atoms with E-state index in [2.05, 4.69) is 19.9 Å². The second-order valence-corrected chi connectivity index (χ2v) is 13.3. The van der Waals surface area contributed by atoms with Gasteiger partial charge in [-0.05, 0) is 80.0 Å². The molecule has 0 saturated carbocycles. The fourth-order valence-electron chi connectivity index (χ4n) is 5.25. The lowest BCUT2D eigenvalue weighted by molar-refractivity contribution is 0.0917. The lowest BCUT2D eigenvalue weighted by atomic mass is 9.94. The first-order valence-electron chi connectivity index (χ1n) is 12.6. The molecule has 2 aliphatic heterocycles. The molecule has 192 valence electrons. The van der Waals surface area contributed by atoms with Gasteiger partial charge in [-0.1, -0.05) is 31.3 Å². The maximum atomic E-state index is 13.7. The van der Waals surface area contributed by atoms with E-state index in [0.29, 0.717) is 48.8 Å². The molecule has 36 heavy (non-hydrogen) atoms. The van der Waals surface area contributed by atoms with Crippen LogP contribution in [0.15, 0.2) is 47.4 Å². The number of thiazole rings is 1. The molecule has 7 nitrogen and oxygen atoms in total. The number of ether oxygens (including phenoxy) is 1. The van der Waals surface area contributed by atoms with Crippen LogP contribution in [0.5, 0.6) is 0 Å². The fourth-order valence-corrected chi connectivity index (χ4v) is 8.00. The third-order valence-electron chi connectivity index (χ3n) is 6.99. The van der Waals surface area contributed by atoms with E-state index in [4.69, 9.17) is 9.72 Å². The lowest BCUT2D eigenvalue weighted by Gasteiger charge is -2.34. The molecular weight excluding hydrogens is 494 g/mol. The number of piperidine rings is 1. The molecule has 3 aromatic rings. The Labute approximate surface area is 217 Å². The number of benzene rings is 2. The van der Waals surface area contributed by atoms with Crippen molar-refractivity contribution in [3.63, 3.8) is 0 Å². The van der Waals surface area contributed by atoms with Gasteiger partial charge in [-0.25, -0.2) is 13.4 Å². The highest BCUT2D eigenvalue weighted by Crippen LogP contribution is 2.32. The van der Waals surface area contributed by atoms with Gasteiger partial charge in [0.15, 0.2) is 5.13 Å². The number of aromatic nitrogens is 1. The molecule has 0 aliphatic carbocycles. The maximum absolute atomic E-state index is 13.7. The molecule has 1 aromatic heterocycles. The van der Waals surface area contributed by atoms with Crippen LogP contribution in [0, 0.1) is 18.8 Å². The van der Waals surface area contributed by atoms with Gasteiger partial charge in [0, 0.05) is 25.3 Å². The Balaban J connectivity index is 1.42. The smallest absolute Gasteiger partial charge is 0.260 e. The van der Waals surface area contributed by atoms with Crippen molar-refractivity contribution in [2.45, 2.75) is 51.0 Å². The van der Waals surface area contributed by atoms with E-state index >= 15 is 0 Å². The number of hydrogen-bond acceptors (Lipinski definition) is 6. The zero-order chi connectivity index (χ0) is 25.4. The van der Waals surface area contributed by atoms with Crippen LogP contribution in [0.25, 0.3) is 10.2 Å². The van der Waals surface area contributed by atoms with Gasteiger partial charge in [-0.15, -0.1) is 0 Å². The summed E-state index contributed by atoms with van der Waals surface area (Å²) in [7, 11) is -3.60. The minimum Gasteiger partial charge on any atom is -0.376 e. The standard InChI is InChI=1S/C27H33N3O4S2/c1-18-6-11-24-25(14-18)35-27(28-24)30(17-22-5-4-12-34-22)26(31)21-7-9-23(10-8-21)36(32,33)29-15-19(2)13-20(3)16-29/h6-11,14,19-20,22H,4-5,12-13,15-17H2,1-3H3. The first kappa shape index (κ1) is 25.3. The summed E-state index contributed by atoms with van der Waals surface area (Å²) in [6.45, 7) is 8.39. The average Bonchev–Trinajstić information content (AvgIpc) is 3.51. The number of hydrogen-bond donors (Lipinski definition) is 0. The van der Waals surface area contributed by atoms with Crippen molar-refractivity contribution in [1.29, 1.82) is 0 Å². The van der Waals surface area contributed by atoms with Gasteiger partial charge in [0.05, 0.1) is 27.8 Å². The van der Waals surface area contributed by atoms with Crippen LogP contribution in [-0.2, 0) is 14.8 Å². The Bertz CT molecular complexity index is 1340. The molecule has 2 aliphatic rings. The van der Waals surface area contributed by atoms with Gasteiger partial charge in [0.1, 0.15) is 0 Å². The molecule has 9 heteroatoms. The van der Waals surface area contributed by atoms with Crippen molar-refractivity contribution < 1.29 is 17.9 Å². The second kappa shape index (κ2) is 10.2. The molecule has 2 saturated heterocycles. The number of carbonyl (C=O) groups is 1. The normalized spacial score (nSPS) is 23.2. The minimum absolute atomic E-state index is 0.0366. The Morgan fingerprint density at radius 1 is 1.14 bits per heavy atom. The van der Waals surface area contributed by atoms with Crippen molar-refractivity contribution in [2.75, 3.05) is 31.1 Å². The van der Waals surface area contributed by atoms with E-state index in [0.717, 1.165) is 35.0 Å². The third kappa shape index (κ3) is 5.20. The number of sulfonamides is 1. The summed E-state index contributed by atoms with van der Waals surface area (Å²) in [5.41, 5.74) is 2.43. The summed E-state index contributed by atoms with van der Waals surface area (Å²) < 4.78 is 35.0. The molecule has 3 heterocycles. The molecule has 0 bridgehead atoms. The molecule has 5 rings (SSSR count). The third-order valence-corrected chi connectivity index (χ3v) is 9.88. The molecular formula is C27H33N3O4S2. The van der Waals surface area contributed by atoms with Crippen LogP contribution in [0.1, 0.15) is 49.0 Å². The number of nitrogens with zero attached hydrogens (tertiary/aromatic N) is 3. The van der Waals surface area contributed by atoms with Gasteiger partial charge in [0.2, 0.25) is 10.0 Å². The summed E-state index contributed by atoms with van der Waals surface area (Å²) in [5, 5.41) is 0.629.